The Hall–Kier alpha value is -3.00. The maximum Gasteiger partial charge on any atom is 0.224 e. The van der Waals surface area contributed by atoms with Crippen molar-refractivity contribution >= 4 is 11.6 Å². The Morgan fingerprint density at radius 1 is 1.24 bits per heavy atom. The Kier molecular flexibility index (Phi) is 6.41. The van der Waals surface area contributed by atoms with Crippen molar-refractivity contribution in [3.63, 3.8) is 0 Å². The molecule has 0 fully saturated rings. The number of carbonyl (C=O) groups is 1. The number of hydrogen-bond donors (Lipinski definition) is 1. The third-order valence-electron chi connectivity index (χ3n) is 3.69. The minimum absolute atomic E-state index is 0.0315. The molecule has 130 valence electrons. The number of halogens is 1. The van der Waals surface area contributed by atoms with Gasteiger partial charge < -0.3 is 14.8 Å². The molecule has 0 aliphatic heterocycles. The minimum atomic E-state index is -0.342. The van der Waals surface area contributed by atoms with Crippen LogP contribution in [0.15, 0.2) is 42.5 Å². The molecule has 25 heavy (non-hydrogen) atoms. The summed E-state index contributed by atoms with van der Waals surface area (Å²) in [7, 11) is 1.55. The average Bonchev–Trinajstić information content (AvgIpc) is 2.61. The van der Waals surface area contributed by atoms with Crippen LogP contribution in [0.1, 0.15) is 24.8 Å². The van der Waals surface area contributed by atoms with Crippen LogP contribution in [0, 0.1) is 18.2 Å². The fourth-order valence-corrected chi connectivity index (χ4v) is 2.37. The predicted molar refractivity (Wildman–Crippen MR) is 95.4 cm³/mol. The molecule has 2 rings (SSSR count). The van der Waals surface area contributed by atoms with Crippen molar-refractivity contribution in [3.05, 3.63) is 53.8 Å². The zero-order valence-electron chi connectivity index (χ0n) is 14.2. The predicted octanol–water partition coefficient (Wildman–Crippen LogP) is 3.98. The molecule has 1 N–H and O–H groups in total. The lowest BCUT2D eigenvalue weighted by Gasteiger charge is -2.15. The van der Waals surface area contributed by atoms with Crippen LogP contribution in [0.3, 0.4) is 0 Å². The quantitative estimate of drug-likeness (QED) is 0.775. The number of carbonyl (C=O) groups excluding carboxylic acids is 1. The number of methoxy groups -OCH3 is 1. The van der Waals surface area contributed by atoms with Crippen molar-refractivity contribution in [2.45, 2.75) is 19.3 Å². The number of terminal acetylenes is 1. The van der Waals surface area contributed by atoms with Crippen molar-refractivity contribution in [2.75, 3.05) is 19.0 Å². The first-order chi connectivity index (χ1) is 12.0. The molecule has 0 saturated heterocycles. The van der Waals surface area contributed by atoms with Gasteiger partial charge in [0.15, 0.2) is 11.5 Å². The molecule has 0 aromatic heterocycles. The lowest BCUT2D eigenvalue weighted by atomic mass is 9.97. The van der Waals surface area contributed by atoms with E-state index in [1.165, 1.54) is 24.3 Å². The molecule has 4 nitrogen and oxygen atoms in total. The second kappa shape index (κ2) is 8.74. The van der Waals surface area contributed by atoms with Crippen LogP contribution < -0.4 is 14.8 Å². The van der Waals surface area contributed by atoms with E-state index in [0.29, 0.717) is 17.2 Å². The Morgan fingerprint density at radius 3 is 2.60 bits per heavy atom. The van der Waals surface area contributed by atoms with Crippen LogP contribution in [0.2, 0.25) is 0 Å². The van der Waals surface area contributed by atoms with Gasteiger partial charge >= 0.3 is 0 Å². The average molecular weight is 341 g/mol. The second-order valence-corrected chi connectivity index (χ2v) is 5.56. The number of hydrogen-bond acceptors (Lipinski definition) is 3. The van der Waals surface area contributed by atoms with Crippen molar-refractivity contribution in [1.82, 2.24) is 0 Å². The Labute approximate surface area is 147 Å². The van der Waals surface area contributed by atoms with Gasteiger partial charge in [-0.2, -0.15) is 0 Å². The van der Waals surface area contributed by atoms with Crippen LogP contribution in [-0.4, -0.2) is 19.6 Å². The van der Waals surface area contributed by atoms with Gasteiger partial charge in [-0.15, -0.1) is 6.42 Å². The van der Waals surface area contributed by atoms with Crippen LogP contribution in [0.4, 0.5) is 10.1 Å². The summed E-state index contributed by atoms with van der Waals surface area (Å²) in [6.07, 6.45) is 5.47. The highest BCUT2D eigenvalue weighted by molar-refractivity contribution is 5.91. The van der Waals surface area contributed by atoms with Gasteiger partial charge in [-0.05, 0) is 47.9 Å². The molecule has 0 bridgehead atoms. The van der Waals surface area contributed by atoms with E-state index in [4.69, 9.17) is 15.9 Å². The van der Waals surface area contributed by atoms with Crippen LogP contribution in [-0.2, 0) is 4.79 Å². The van der Waals surface area contributed by atoms with Crippen LogP contribution in [0.25, 0.3) is 0 Å². The molecule has 1 unspecified atom stereocenters. The summed E-state index contributed by atoms with van der Waals surface area (Å²) in [4.78, 5) is 12.2. The summed E-state index contributed by atoms with van der Waals surface area (Å²) >= 11 is 0. The molecule has 0 saturated carbocycles. The SMILES string of the molecule is C#CCOc1ccc(C(C)CC(=O)Nc2ccc(F)cc2)cc1OC. The van der Waals surface area contributed by atoms with Gasteiger partial charge in [-0.1, -0.05) is 18.9 Å². The first-order valence-corrected chi connectivity index (χ1v) is 7.83. The molecule has 0 aliphatic carbocycles. The lowest BCUT2D eigenvalue weighted by Crippen LogP contribution is -2.14. The Bertz CT molecular complexity index is 766. The zero-order chi connectivity index (χ0) is 18.2. The number of ether oxygens (including phenoxy) is 2. The largest absolute Gasteiger partial charge is 0.493 e. The van der Waals surface area contributed by atoms with E-state index >= 15 is 0 Å². The van der Waals surface area contributed by atoms with Gasteiger partial charge in [0.05, 0.1) is 7.11 Å². The molecule has 2 aromatic rings. The normalized spacial score (nSPS) is 11.3. The highest BCUT2D eigenvalue weighted by Gasteiger charge is 2.14. The lowest BCUT2D eigenvalue weighted by molar-refractivity contribution is -0.116. The maximum atomic E-state index is 12.9. The Morgan fingerprint density at radius 2 is 1.96 bits per heavy atom. The van der Waals surface area contributed by atoms with Crippen molar-refractivity contribution in [1.29, 1.82) is 0 Å². The number of benzene rings is 2. The number of amides is 1. The molecule has 0 aliphatic rings. The molecule has 2 aromatic carbocycles. The van der Waals surface area contributed by atoms with Gasteiger partial charge in [0.2, 0.25) is 5.91 Å². The van der Waals surface area contributed by atoms with E-state index in [1.807, 2.05) is 19.1 Å². The third-order valence-corrected chi connectivity index (χ3v) is 3.69. The Balaban J connectivity index is 2.01. The first-order valence-electron chi connectivity index (χ1n) is 7.83. The molecule has 5 heteroatoms. The van der Waals surface area contributed by atoms with Gasteiger partial charge in [0, 0.05) is 12.1 Å². The van der Waals surface area contributed by atoms with Crippen molar-refractivity contribution in [3.8, 4) is 23.8 Å². The molecule has 1 atom stereocenters. The summed E-state index contributed by atoms with van der Waals surface area (Å²) in [6, 6.07) is 11.2. The molecule has 1 amide bonds. The van der Waals surface area contributed by atoms with E-state index in [-0.39, 0.29) is 30.7 Å². The fraction of sp³-hybridized carbons (Fsp3) is 0.250. The van der Waals surface area contributed by atoms with Gasteiger partial charge in [-0.25, -0.2) is 4.39 Å². The van der Waals surface area contributed by atoms with Crippen LogP contribution in [0.5, 0.6) is 11.5 Å². The number of rotatable bonds is 7. The fourth-order valence-electron chi connectivity index (χ4n) is 2.37. The van der Waals surface area contributed by atoms with E-state index in [2.05, 4.69) is 11.2 Å². The van der Waals surface area contributed by atoms with Gasteiger partial charge in [0.1, 0.15) is 12.4 Å². The summed E-state index contributed by atoms with van der Waals surface area (Å²) in [5.41, 5.74) is 1.51. The number of nitrogens with one attached hydrogen (secondary N) is 1. The monoisotopic (exact) mass is 341 g/mol. The topological polar surface area (TPSA) is 47.6 Å². The van der Waals surface area contributed by atoms with E-state index in [0.717, 1.165) is 5.56 Å². The van der Waals surface area contributed by atoms with Crippen LogP contribution >= 0.6 is 0 Å². The molecule has 0 radical (unpaired) electrons. The third kappa shape index (κ3) is 5.25. The highest BCUT2D eigenvalue weighted by atomic mass is 19.1. The van der Waals surface area contributed by atoms with Gasteiger partial charge in [-0.3, -0.25) is 4.79 Å². The van der Waals surface area contributed by atoms with E-state index < -0.39 is 0 Å². The first kappa shape index (κ1) is 18.3. The number of anilines is 1. The van der Waals surface area contributed by atoms with E-state index in [9.17, 15) is 9.18 Å². The summed E-state index contributed by atoms with van der Waals surface area (Å²) in [6.45, 7) is 2.10. The minimum Gasteiger partial charge on any atom is -0.493 e. The zero-order valence-corrected chi connectivity index (χ0v) is 14.2. The maximum absolute atomic E-state index is 12.9. The molecule has 0 heterocycles. The highest BCUT2D eigenvalue weighted by Crippen LogP contribution is 2.32. The summed E-state index contributed by atoms with van der Waals surface area (Å²) in [5, 5.41) is 2.75. The smallest absolute Gasteiger partial charge is 0.224 e. The van der Waals surface area contributed by atoms with E-state index in [1.54, 1.807) is 13.2 Å². The summed E-state index contributed by atoms with van der Waals surface area (Å²) < 4.78 is 23.6. The molecular formula is C20H20FNO3. The standard InChI is InChI=1S/C20H20FNO3/c1-4-11-25-18-10-5-15(13-19(18)24-3)14(2)12-20(23)22-17-8-6-16(21)7-9-17/h1,5-10,13-14H,11-12H2,2-3H3,(H,22,23). The molecular weight excluding hydrogens is 321 g/mol. The molecule has 0 spiro atoms. The van der Waals surface area contributed by atoms with Crippen molar-refractivity contribution < 1.29 is 18.7 Å². The second-order valence-electron chi connectivity index (χ2n) is 5.56. The van der Waals surface area contributed by atoms with Crippen molar-refractivity contribution in [2.24, 2.45) is 0 Å². The summed E-state index contributed by atoms with van der Waals surface area (Å²) in [5.74, 6) is 3.01. The van der Waals surface area contributed by atoms with Gasteiger partial charge in [0.25, 0.3) is 0 Å².